The number of rotatable bonds is 3. The van der Waals surface area contributed by atoms with E-state index in [1.807, 2.05) is 11.8 Å². The first-order valence-electron chi connectivity index (χ1n) is 4.86. The molecule has 3 nitrogen and oxygen atoms in total. The van der Waals surface area contributed by atoms with Gasteiger partial charge in [-0.1, -0.05) is 0 Å². The number of aromatic nitrogens is 1. The Morgan fingerprint density at radius 3 is 3.36 bits per heavy atom. The highest BCUT2D eigenvalue weighted by Crippen LogP contribution is 2.30. The van der Waals surface area contributed by atoms with Gasteiger partial charge < -0.3 is 9.21 Å². The molecular formula is C10H13NO2S. The zero-order chi connectivity index (χ0) is 9.80. The smallest absolute Gasteiger partial charge is 0.198 e. The summed E-state index contributed by atoms with van der Waals surface area (Å²) in [6, 6.07) is 0. The third kappa shape index (κ3) is 2.18. The average molecular weight is 211 g/mol. The number of carbonyl (C=O) groups excluding carboxylic acids is 1. The molecule has 0 aromatic carbocycles. The summed E-state index contributed by atoms with van der Waals surface area (Å²) in [6.45, 7) is 0. The van der Waals surface area contributed by atoms with Crippen LogP contribution in [0.3, 0.4) is 0 Å². The first-order valence-corrected chi connectivity index (χ1v) is 6.01. The fourth-order valence-electron chi connectivity index (χ4n) is 1.62. The number of aldehydes is 1. The number of oxazole rings is 1. The average Bonchev–Trinajstić information content (AvgIpc) is 2.68. The van der Waals surface area contributed by atoms with Crippen LogP contribution in [-0.4, -0.2) is 22.8 Å². The molecule has 2 rings (SSSR count). The van der Waals surface area contributed by atoms with E-state index in [0.29, 0.717) is 12.3 Å². The van der Waals surface area contributed by atoms with Crippen molar-refractivity contribution in [3.8, 4) is 0 Å². The maximum atomic E-state index is 10.3. The Morgan fingerprint density at radius 1 is 1.71 bits per heavy atom. The molecule has 0 N–H and O–H groups in total. The van der Waals surface area contributed by atoms with E-state index >= 15 is 0 Å². The normalized spacial score (nSPS) is 22.1. The fraction of sp³-hybridized carbons (Fsp3) is 0.600. The van der Waals surface area contributed by atoms with Crippen molar-refractivity contribution in [3.63, 3.8) is 0 Å². The highest BCUT2D eigenvalue weighted by atomic mass is 32.2. The van der Waals surface area contributed by atoms with Gasteiger partial charge >= 0.3 is 0 Å². The lowest BCUT2D eigenvalue weighted by Gasteiger charge is -2.17. The number of nitrogens with zero attached hydrogens (tertiary/aromatic N) is 1. The van der Waals surface area contributed by atoms with Crippen LogP contribution in [-0.2, 0) is 11.2 Å². The molecule has 0 radical (unpaired) electrons. The molecule has 1 fully saturated rings. The lowest BCUT2D eigenvalue weighted by atomic mass is 10.1. The van der Waals surface area contributed by atoms with E-state index in [1.165, 1.54) is 12.2 Å². The molecule has 0 spiro atoms. The molecule has 0 saturated carbocycles. The van der Waals surface area contributed by atoms with Crippen molar-refractivity contribution >= 4 is 18.0 Å². The molecular weight excluding hydrogens is 198 g/mol. The lowest BCUT2D eigenvalue weighted by molar-refractivity contribution is -0.107. The van der Waals surface area contributed by atoms with Crippen molar-refractivity contribution in [1.82, 2.24) is 4.98 Å². The van der Waals surface area contributed by atoms with Crippen molar-refractivity contribution in [3.05, 3.63) is 17.8 Å². The first kappa shape index (κ1) is 9.77. The van der Waals surface area contributed by atoms with Gasteiger partial charge in [0.05, 0.1) is 5.69 Å². The summed E-state index contributed by atoms with van der Waals surface area (Å²) in [6.07, 6.45) is 5.22. The van der Waals surface area contributed by atoms with E-state index in [0.717, 1.165) is 30.0 Å². The van der Waals surface area contributed by atoms with Crippen LogP contribution in [0, 0.1) is 0 Å². The number of carbonyl (C=O) groups is 1. The van der Waals surface area contributed by atoms with E-state index in [9.17, 15) is 4.79 Å². The Bertz CT molecular complexity index is 305. The van der Waals surface area contributed by atoms with E-state index in [-0.39, 0.29) is 0 Å². The van der Waals surface area contributed by atoms with Crippen molar-refractivity contribution < 1.29 is 9.21 Å². The Morgan fingerprint density at radius 2 is 2.64 bits per heavy atom. The fourth-order valence-corrected chi connectivity index (χ4v) is 2.76. The molecule has 4 heteroatoms. The molecule has 1 aliphatic heterocycles. The van der Waals surface area contributed by atoms with Crippen molar-refractivity contribution in [2.45, 2.75) is 25.2 Å². The van der Waals surface area contributed by atoms with Gasteiger partial charge in [0, 0.05) is 18.1 Å². The van der Waals surface area contributed by atoms with Gasteiger partial charge in [0.1, 0.15) is 12.5 Å². The quantitative estimate of drug-likeness (QED) is 0.717. The molecule has 1 aromatic rings. The maximum Gasteiger partial charge on any atom is 0.198 e. The van der Waals surface area contributed by atoms with Crippen LogP contribution < -0.4 is 0 Å². The van der Waals surface area contributed by atoms with Crippen molar-refractivity contribution in [2.75, 3.05) is 11.5 Å². The Labute approximate surface area is 87.3 Å². The molecule has 0 bridgehead atoms. The van der Waals surface area contributed by atoms with E-state index in [2.05, 4.69) is 4.98 Å². The maximum absolute atomic E-state index is 10.3. The van der Waals surface area contributed by atoms with E-state index < -0.39 is 0 Å². The zero-order valence-corrected chi connectivity index (χ0v) is 8.76. The van der Waals surface area contributed by atoms with Crippen LogP contribution >= 0.6 is 11.8 Å². The molecule has 1 atom stereocenters. The summed E-state index contributed by atoms with van der Waals surface area (Å²) < 4.78 is 5.37. The second kappa shape index (κ2) is 4.64. The van der Waals surface area contributed by atoms with Gasteiger partial charge in [-0.3, -0.25) is 0 Å². The van der Waals surface area contributed by atoms with Gasteiger partial charge in [-0.15, -0.1) is 0 Å². The number of thioether (sulfide) groups is 1. The standard InChI is InChI=1S/C10H13NO2S/c12-4-3-9-6-13-10(11-9)8-2-1-5-14-7-8/h4,6,8H,1-3,5,7H2. The van der Waals surface area contributed by atoms with Crippen molar-refractivity contribution in [2.24, 2.45) is 0 Å². The zero-order valence-electron chi connectivity index (χ0n) is 7.94. The summed E-state index contributed by atoms with van der Waals surface area (Å²) in [7, 11) is 0. The molecule has 14 heavy (non-hydrogen) atoms. The molecule has 2 heterocycles. The second-order valence-corrected chi connectivity index (χ2v) is 4.61. The van der Waals surface area contributed by atoms with Crippen molar-refractivity contribution in [1.29, 1.82) is 0 Å². The van der Waals surface area contributed by atoms with Gasteiger partial charge in [-0.2, -0.15) is 11.8 Å². The Kier molecular flexibility index (Phi) is 3.24. The summed E-state index contributed by atoms with van der Waals surface area (Å²) in [4.78, 5) is 14.6. The van der Waals surface area contributed by atoms with Gasteiger partial charge in [-0.05, 0) is 18.6 Å². The minimum absolute atomic E-state index is 0.364. The molecule has 76 valence electrons. The summed E-state index contributed by atoms with van der Waals surface area (Å²) in [5.74, 6) is 3.61. The SMILES string of the molecule is O=CCc1coc(C2CCCSC2)n1. The van der Waals surface area contributed by atoms with Gasteiger partial charge in [0.25, 0.3) is 0 Å². The number of hydrogen-bond acceptors (Lipinski definition) is 4. The van der Waals surface area contributed by atoms with Crippen LogP contribution in [0.1, 0.15) is 30.3 Å². The lowest BCUT2D eigenvalue weighted by Crippen LogP contribution is -2.08. The minimum atomic E-state index is 0.364. The second-order valence-electron chi connectivity index (χ2n) is 3.46. The van der Waals surface area contributed by atoms with Gasteiger partial charge in [0.15, 0.2) is 5.89 Å². The van der Waals surface area contributed by atoms with E-state index in [4.69, 9.17) is 4.42 Å². The van der Waals surface area contributed by atoms with Crippen LogP contribution in [0.5, 0.6) is 0 Å². The summed E-state index contributed by atoms with van der Waals surface area (Å²) in [5.41, 5.74) is 0.755. The molecule has 1 aliphatic rings. The third-order valence-electron chi connectivity index (χ3n) is 2.37. The minimum Gasteiger partial charge on any atom is -0.448 e. The summed E-state index contributed by atoms with van der Waals surface area (Å²) in [5, 5.41) is 0. The molecule has 1 unspecified atom stereocenters. The van der Waals surface area contributed by atoms with Crippen LogP contribution in [0.25, 0.3) is 0 Å². The molecule has 0 amide bonds. The van der Waals surface area contributed by atoms with E-state index in [1.54, 1.807) is 6.26 Å². The van der Waals surface area contributed by atoms with Crippen LogP contribution in [0.2, 0.25) is 0 Å². The highest BCUT2D eigenvalue weighted by molar-refractivity contribution is 7.99. The summed E-state index contributed by atoms with van der Waals surface area (Å²) >= 11 is 1.95. The van der Waals surface area contributed by atoms with Crippen LogP contribution in [0.15, 0.2) is 10.7 Å². The largest absolute Gasteiger partial charge is 0.448 e. The molecule has 1 aromatic heterocycles. The molecule has 1 saturated heterocycles. The predicted octanol–water partition coefficient (Wildman–Crippen LogP) is 2.03. The monoisotopic (exact) mass is 211 g/mol. The topological polar surface area (TPSA) is 43.1 Å². The first-order chi connectivity index (χ1) is 6.90. The van der Waals surface area contributed by atoms with Crippen LogP contribution in [0.4, 0.5) is 0 Å². The van der Waals surface area contributed by atoms with Gasteiger partial charge in [-0.25, -0.2) is 4.98 Å². The predicted molar refractivity (Wildman–Crippen MR) is 55.6 cm³/mol. The Hall–Kier alpha value is -0.770. The third-order valence-corrected chi connectivity index (χ3v) is 3.59. The highest BCUT2D eigenvalue weighted by Gasteiger charge is 2.20. The van der Waals surface area contributed by atoms with Gasteiger partial charge in [0.2, 0.25) is 0 Å². The Balaban J connectivity index is 2.03. The molecule has 0 aliphatic carbocycles. The number of hydrogen-bond donors (Lipinski definition) is 0.